The molecular formula is C15H13Br2N5O2. The third-order valence-corrected chi connectivity index (χ3v) is 3.71. The summed E-state index contributed by atoms with van der Waals surface area (Å²) in [5.74, 6) is 0.112. The van der Waals surface area contributed by atoms with Crippen LogP contribution in [0.5, 0.6) is 11.5 Å². The zero-order valence-electron chi connectivity index (χ0n) is 12.2. The molecule has 2 aromatic carbocycles. The minimum absolute atomic E-state index is 0.0496. The lowest BCUT2D eigenvalue weighted by Crippen LogP contribution is -2.26. The zero-order valence-corrected chi connectivity index (χ0v) is 15.4. The first-order chi connectivity index (χ1) is 11.5. The Balaban J connectivity index is 1.99. The van der Waals surface area contributed by atoms with Crippen molar-refractivity contribution in [3.8, 4) is 11.5 Å². The number of rotatable bonds is 4. The molecule has 5 N–H and O–H groups in total. The molecule has 0 fully saturated rings. The molecule has 9 heteroatoms. The second-order valence-electron chi connectivity index (χ2n) is 4.51. The molecule has 0 aromatic heterocycles. The van der Waals surface area contributed by atoms with Gasteiger partial charge in [-0.15, -0.1) is 5.10 Å². The van der Waals surface area contributed by atoms with Crippen molar-refractivity contribution in [3.05, 3.63) is 56.5 Å². The minimum atomic E-state index is -0.0496. The Labute approximate surface area is 154 Å². The van der Waals surface area contributed by atoms with E-state index in [9.17, 15) is 10.2 Å². The van der Waals surface area contributed by atoms with Crippen molar-refractivity contribution in [2.24, 2.45) is 21.0 Å². The molecule has 0 saturated heterocycles. The van der Waals surface area contributed by atoms with Crippen molar-refractivity contribution in [2.75, 3.05) is 0 Å². The maximum absolute atomic E-state index is 9.66. The molecule has 2 aromatic rings. The number of hydrazone groups is 1. The number of nitrogens with zero attached hydrogens (tertiary/aromatic N) is 3. The van der Waals surface area contributed by atoms with Gasteiger partial charge in [0.2, 0.25) is 5.96 Å². The highest BCUT2D eigenvalue weighted by atomic mass is 79.9. The van der Waals surface area contributed by atoms with Crippen LogP contribution in [-0.4, -0.2) is 28.6 Å². The standard InChI is InChI=1S/C15H13Br2N5O2/c16-11-1-3-13(23)9(5-11)7-19-21-15(18)22-20-8-10-6-12(17)2-4-14(10)24/h1-8,23-24H,(H3,18,21,22). The highest BCUT2D eigenvalue weighted by Gasteiger charge is 1.99. The molecule has 24 heavy (non-hydrogen) atoms. The van der Waals surface area contributed by atoms with Gasteiger partial charge in [0, 0.05) is 20.1 Å². The van der Waals surface area contributed by atoms with Crippen molar-refractivity contribution in [1.82, 2.24) is 5.43 Å². The highest BCUT2D eigenvalue weighted by molar-refractivity contribution is 9.10. The van der Waals surface area contributed by atoms with E-state index in [-0.39, 0.29) is 17.5 Å². The number of phenols is 2. The van der Waals surface area contributed by atoms with E-state index in [2.05, 4.69) is 52.6 Å². The van der Waals surface area contributed by atoms with Gasteiger partial charge in [0.15, 0.2) is 0 Å². The number of guanidine groups is 1. The summed E-state index contributed by atoms with van der Waals surface area (Å²) in [5, 5.41) is 30.6. The smallest absolute Gasteiger partial charge is 0.234 e. The number of nitrogens with two attached hydrogens (primary N) is 1. The average Bonchev–Trinajstić information content (AvgIpc) is 2.54. The predicted molar refractivity (Wildman–Crippen MR) is 102 cm³/mol. The fourth-order valence-corrected chi connectivity index (χ4v) is 2.36. The lowest BCUT2D eigenvalue weighted by atomic mass is 10.2. The zero-order chi connectivity index (χ0) is 17.5. The molecular weight excluding hydrogens is 442 g/mol. The normalized spacial score (nSPS) is 12.2. The van der Waals surface area contributed by atoms with E-state index in [4.69, 9.17) is 5.73 Å². The topological polar surface area (TPSA) is 116 Å². The number of hydrogen-bond acceptors (Lipinski definition) is 5. The summed E-state index contributed by atoms with van der Waals surface area (Å²) in [7, 11) is 0. The Morgan fingerprint density at radius 2 is 1.50 bits per heavy atom. The fourth-order valence-electron chi connectivity index (χ4n) is 1.60. The summed E-state index contributed by atoms with van der Waals surface area (Å²) in [5.41, 5.74) is 9.08. The monoisotopic (exact) mass is 453 g/mol. The maximum atomic E-state index is 9.66. The summed E-state index contributed by atoms with van der Waals surface area (Å²) in [6, 6.07) is 9.87. The minimum Gasteiger partial charge on any atom is -0.507 e. The van der Waals surface area contributed by atoms with Gasteiger partial charge in [-0.1, -0.05) is 31.9 Å². The molecule has 0 saturated carbocycles. The van der Waals surface area contributed by atoms with Crippen LogP contribution in [0.15, 0.2) is 60.6 Å². The van der Waals surface area contributed by atoms with E-state index < -0.39 is 0 Å². The van der Waals surface area contributed by atoms with Gasteiger partial charge < -0.3 is 15.9 Å². The SMILES string of the molecule is NC(=NN=Cc1cc(Br)ccc1O)NN=Cc1cc(Br)ccc1O. The Kier molecular flexibility index (Phi) is 6.33. The first-order valence-electron chi connectivity index (χ1n) is 6.58. The van der Waals surface area contributed by atoms with Gasteiger partial charge in [-0.3, -0.25) is 0 Å². The van der Waals surface area contributed by atoms with Crippen LogP contribution in [0, 0.1) is 0 Å². The van der Waals surface area contributed by atoms with Crippen molar-refractivity contribution in [3.63, 3.8) is 0 Å². The van der Waals surface area contributed by atoms with Crippen molar-refractivity contribution in [1.29, 1.82) is 0 Å². The number of phenolic OH excluding ortho intramolecular Hbond substituents is 2. The molecule has 0 atom stereocenters. The van der Waals surface area contributed by atoms with Crippen LogP contribution in [0.4, 0.5) is 0 Å². The van der Waals surface area contributed by atoms with Crippen LogP contribution in [0.25, 0.3) is 0 Å². The van der Waals surface area contributed by atoms with E-state index >= 15 is 0 Å². The molecule has 7 nitrogen and oxygen atoms in total. The Bertz CT molecular complexity index is 822. The summed E-state index contributed by atoms with van der Waals surface area (Å²) in [6.45, 7) is 0. The van der Waals surface area contributed by atoms with Crippen LogP contribution < -0.4 is 11.2 Å². The number of hydrogen-bond donors (Lipinski definition) is 4. The van der Waals surface area contributed by atoms with Gasteiger partial charge in [-0.25, -0.2) is 5.43 Å². The van der Waals surface area contributed by atoms with Crippen LogP contribution >= 0.6 is 31.9 Å². The maximum Gasteiger partial charge on any atom is 0.234 e. The van der Waals surface area contributed by atoms with Crippen LogP contribution in [0.1, 0.15) is 11.1 Å². The molecule has 0 aliphatic rings. The van der Waals surface area contributed by atoms with Crippen LogP contribution in [0.2, 0.25) is 0 Å². The molecule has 0 spiro atoms. The van der Waals surface area contributed by atoms with Gasteiger partial charge in [-0.05, 0) is 36.4 Å². The summed E-state index contributed by atoms with van der Waals surface area (Å²) in [6.07, 6.45) is 2.75. The molecule has 0 aliphatic heterocycles. The van der Waals surface area contributed by atoms with Gasteiger partial charge in [0.1, 0.15) is 11.5 Å². The van der Waals surface area contributed by atoms with E-state index in [0.29, 0.717) is 11.1 Å². The molecule has 124 valence electrons. The number of aromatic hydroxyl groups is 2. The third kappa shape index (κ3) is 5.36. The molecule has 2 rings (SSSR count). The quantitative estimate of drug-likeness (QED) is 0.323. The number of benzene rings is 2. The third-order valence-electron chi connectivity index (χ3n) is 2.72. The van der Waals surface area contributed by atoms with E-state index in [1.54, 1.807) is 24.3 Å². The Morgan fingerprint density at radius 1 is 0.958 bits per heavy atom. The molecule has 0 unspecified atom stereocenters. The largest absolute Gasteiger partial charge is 0.507 e. The van der Waals surface area contributed by atoms with Gasteiger partial charge in [0.05, 0.1) is 12.4 Å². The van der Waals surface area contributed by atoms with Gasteiger partial charge in [0.25, 0.3) is 0 Å². The fraction of sp³-hybridized carbons (Fsp3) is 0. The summed E-state index contributed by atoms with van der Waals surface area (Å²) in [4.78, 5) is 0. The average molecular weight is 455 g/mol. The van der Waals surface area contributed by atoms with Gasteiger partial charge in [-0.2, -0.15) is 10.2 Å². The van der Waals surface area contributed by atoms with Crippen molar-refractivity contribution < 1.29 is 10.2 Å². The predicted octanol–water partition coefficient (Wildman–Crippen LogP) is 2.90. The lowest BCUT2D eigenvalue weighted by Gasteiger charge is -2.00. The summed E-state index contributed by atoms with van der Waals surface area (Å²) < 4.78 is 1.61. The van der Waals surface area contributed by atoms with Crippen molar-refractivity contribution in [2.45, 2.75) is 0 Å². The molecule has 0 amide bonds. The van der Waals surface area contributed by atoms with E-state index in [1.807, 2.05) is 0 Å². The highest BCUT2D eigenvalue weighted by Crippen LogP contribution is 2.20. The Hall–Kier alpha value is -2.39. The second-order valence-corrected chi connectivity index (χ2v) is 6.34. The summed E-state index contributed by atoms with van der Waals surface area (Å²) >= 11 is 6.60. The van der Waals surface area contributed by atoms with Gasteiger partial charge >= 0.3 is 0 Å². The van der Waals surface area contributed by atoms with E-state index in [0.717, 1.165) is 8.95 Å². The molecule has 0 radical (unpaired) electrons. The second kappa shape index (κ2) is 8.46. The van der Waals surface area contributed by atoms with Crippen LogP contribution in [-0.2, 0) is 0 Å². The first kappa shape index (κ1) is 18.0. The molecule has 0 aliphatic carbocycles. The number of halogens is 2. The van der Waals surface area contributed by atoms with Crippen LogP contribution in [0.3, 0.4) is 0 Å². The molecule has 0 bridgehead atoms. The van der Waals surface area contributed by atoms with E-state index in [1.165, 1.54) is 24.6 Å². The molecule has 0 heterocycles. The number of nitrogens with one attached hydrogen (secondary N) is 1. The Morgan fingerprint density at radius 3 is 2.08 bits per heavy atom. The van der Waals surface area contributed by atoms with Crippen molar-refractivity contribution >= 4 is 50.2 Å². The lowest BCUT2D eigenvalue weighted by molar-refractivity contribution is 0.474. The first-order valence-corrected chi connectivity index (χ1v) is 8.17.